The van der Waals surface area contributed by atoms with E-state index in [0.717, 1.165) is 27.6 Å². The smallest absolute Gasteiger partial charge is 0.422 e. The number of alkyl halides is 3. The number of ether oxygens (including phenoxy) is 1. The van der Waals surface area contributed by atoms with E-state index >= 15 is 0 Å². The Morgan fingerprint density at radius 1 is 1.26 bits per heavy atom. The molecular formula is C25H24F3N5O5S. The lowest BCUT2D eigenvalue weighted by molar-refractivity contribution is -0.153. The number of carbonyl (C=O) groups excluding carboxylic acids is 2. The molecule has 0 saturated heterocycles. The molecule has 0 saturated carbocycles. The van der Waals surface area contributed by atoms with Crippen molar-refractivity contribution in [1.82, 2.24) is 24.8 Å². The fraction of sp³-hybridized carbons (Fsp3) is 0.360. The quantitative estimate of drug-likeness (QED) is 0.488. The first kappa shape index (κ1) is 26.7. The van der Waals surface area contributed by atoms with Gasteiger partial charge in [-0.05, 0) is 61.1 Å². The number of nitrogens with one attached hydrogen (secondary N) is 2. The summed E-state index contributed by atoms with van der Waals surface area (Å²) < 4.78 is 69.5. The molecule has 0 unspecified atom stereocenters. The zero-order chi connectivity index (χ0) is 28.2. The molecule has 0 fully saturated rings. The van der Waals surface area contributed by atoms with E-state index in [1.807, 2.05) is 11.6 Å². The summed E-state index contributed by atoms with van der Waals surface area (Å²) in [5.74, 6) is -1.37. The average molecular weight is 564 g/mol. The fourth-order valence-corrected chi connectivity index (χ4v) is 5.57. The molecule has 2 aliphatic rings. The Balaban J connectivity index is 1.58. The lowest BCUT2D eigenvalue weighted by Crippen LogP contribution is -2.53. The molecule has 1 aliphatic heterocycles. The van der Waals surface area contributed by atoms with Gasteiger partial charge in [0.15, 0.2) is 12.4 Å². The Morgan fingerprint density at radius 2 is 2.03 bits per heavy atom. The zero-order valence-electron chi connectivity index (χ0n) is 20.9. The molecule has 1 spiro atoms. The molecule has 39 heavy (non-hydrogen) atoms. The number of rotatable bonds is 5. The predicted octanol–water partition coefficient (Wildman–Crippen LogP) is 2.72. The summed E-state index contributed by atoms with van der Waals surface area (Å²) in [7, 11) is -3.96. The second kappa shape index (κ2) is 9.36. The standard InChI is InChI=1S/C25H24F3N5O5S/c1-14-5-8-19(29-12-14)33-21(23(35)32-39(2,36)37)20-18(31-33)11-24(30-22(20)34)9-3-4-15-10-16(6-7-17(15)24)38-13-25(26,27)28/h5-8,10,12H,3-4,9,11,13H2,1-2H3,(H,30,34)(H,32,35)/t24-/m0/s1. The lowest BCUT2D eigenvalue weighted by atomic mass is 9.71. The van der Waals surface area contributed by atoms with Crippen molar-refractivity contribution >= 4 is 21.8 Å². The van der Waals surface area contributed by atoms with Crippen LogP contribution in [0, 0.1) is 6.92 Å². The summed E-state index contributed by atoms with van der Waals surface area (Å²) in [5.41, 5.74) is 1.30. The lowest BCUT2D eigenvalue weighted by Gasteiger charge is -2.42. The Kier molecular flexibility index (Phi) is 6.40. The van der Waals surface area contributed by atoms with E-state index in [1.165, 1.54) is 6.07 Å². The molecule has 2 aromatic heterocycles. The summed E-state index contributed by atoms with van der Waals surface area (Å²) in [6, 6.07) is 7.94. The van der Waals surface area contributed by atoms with E-state index in [0.29, 0.717) is 19.3 Å². The van der Waals surface area contributed by atoms with Crippen LogP contribution < -0.4 is 14.8 Å². The van der Waals surface area contributed by atoms with Crippen LogP contribution in [0.3, 0.4) is 0 Å². The largest absolute Gasteiger partial charge is 0.484 e. The number of benzene rings is 1. The van der Waals surface area contributed by atoms with Crippen LogP contribution >= 0.6 is 0 Å². The number of amides is 2. The minimum atomic E-state index is -4.48. The minimum absolute atomic E-state index is 0.0681. The SMILES string of the molecule is Cc1ccc(-n2nc3c(c2C(=O)NS(C)(=O)=O)C(=O)N[C@@]2(CCCc4cc(OCC(F)(F)F)ccc42)C3)nc1. The maximum Gasteiger partial charge on any atom is 0.422 e. The normalized spacial score (nSPS) is 18.7. The first-order chi connectivity index (χ1) is 18.2. The van der Waals surface area contributed by atoms with Gasteiger partial charge in [-0.2, -0.15) is 18.3 Å². The molecule has 3 heterocycles. The van der Waals surface area contributed by atoms with Crippen molar-refractivity contribution in [2.45, 2.75) is 44.3 Å². The van der Waals surface area contributed by atoms with Crippen LogP contribution in [0.5, 0.6) is 5.75 Å². The molecular weight excluding hydrogens is 539 g/mol. The summed E-state index contributed by atoms with van der Waals surface area (Å²) in [4.78, 5) is 30.9. The molecule has 2 amide bonds. The van der Waals surface area contributed by atoms with Crippen LogP contribution in [-0.2, 0) is 28.4 Å². The van der Waals surface area contributed by atoms with E-state index < -0.39 is 40.2 Å². The van der Waals surface area contributed by atoms with Gasteiger partial charge in [0, 0.05) is 12.6 Å². The molecule has 1 atom stereocenters. The van der Waals surface area contributed by atoms with Crippen molar-refractivity contribution in [2.24, 2.45) is 0 Å². The third-order valence-corrected chi connectivity index (χ3v) is 7.21. The summed E-state index contributed by atoms with van der Waals surface area (Å²) >= 11 is 0. The van der Waals surface area contributed by atoms with Gasteiger partial charge in [-0.1, -0.05) is 12.1 Å². The Labute approximate surface area is 221 Å². The van der Waals surface area contributed by atoms with Crippen LogP contribution in [0.1, 0.15) is 56.1 Å². The number of nitrogens with zero attached hydrogens (tertiary/aromatic N) is 3. The van der Waals surface area contributed by atoms with Crippen molar-refractivity contribution in [3.8, 4) is 11.6 Å². The van der Waals surface area contributed by atoms with E-state index in [1.54, 1.807) is 30.5 Å². The second-order valence-corrected chi connectivity index (χ2v) is 11.5. The average Bonchev–Trinajstić information content (AvgIpc) is 3.22. The first-order valence-corrected chi connectivity index (χ1v) is 13.9. The Bertz CT molecular complexity index is 1580. The van der Waals surface area contributed by atoms with Gasteiger partial charge in [0.2, 0.25) is 10.0 Å². The van der Waals surface area contributed by atoms with Gasteiger partial charge >= 0.3 is 6.18 Å². The number of halogens is 3. The number of carbonyl (C=O) groups is 2. The molecule has 0 radical (unpaired) electrons. The maximum absolute atomic E-state index is 13.6. The van der Waals surface area contributed by atoms with E-state index in [2.05, 4.69) is 15.4 Å². The highest BCUT2D eigenvalue weighted by molar-refractivity contribution is 7.89. The van der Waals surface area contributed by atoms with E-state index in [4.69, 9.17) is 4.74 Å². The number of fused-ring (bicyclic) bond motifs is 3. The third kappa shape index (κ3) is 5.33. The molecule has 1 aliphatic carbocycles. The van der Waals surface area contributed by atoms with Crippen molar-refractivity contribution in [3.05, 3.63) is 70.2 Å². The van der Waals surface area contributed by atoms with Crippen molar-refractivity contribution in [1.29, 1.82) is 0 Å². The van der Waals surface area contributed by atoms with Gasteiger partial charge in [0.25, 0.3) is 11.8 Å². The molecule has 10 nitrogen and oxygen atoms in total. The van der Waals surface area contributed by atoms with E-state index in [-0.39, 0.29) is 34.9 Å². The van der Waals surface area contributed by atoms with Crippen molar-refractivity contribution in [3.63, 3.8) is 0 Å². The summed E-state index contributed by atoms with van der Waals surface area (Å²) in [6.45, 7) is 0.402. The molecule has 3 aromatic rings. The minimum Gasteiger partial charge on any atom is -0.484 e. The number of sulfonamides is 1. The number of hydrogen-bond donors (Lipinski definition) is 2. The van der Waals surface area contributed by atoms with Gasteiger partial charge in [0.1, 0.15) is 11.4 Å². The fourth-order valence-electron chi connectivity index (χ4n) is 5.14. The Hall–Kier alpha value is -3.94. The monoisotopic (exact) mass is 563 g/mol. The van der Waals surface area contributed by atoms with Crippen LogP contribution in [0.4, 0.5) is 13.2 Å². The van der Waals surface area contributed by atoms with Crippen molar-refractivity contribution < 1.29 is 35.9 Å². The molecule has 0 bridgehead atoms. The molecule has 2 N–H and O–H groups in total. The highest BCUT2D eigenvalue weighted by Gasteiger charge is 2.46. The van der Waals surface area contributed by atoms with E-state index in [9.17, 15) is 31.2 Å². The third-order valence-electron chi connectivity index (χ3n) is 6.66. The highest BCUT2D eigenvalue weighted by Crippen LogP contribution is 2.42. The number of pyridine rings is 1. The maximum atomic E-state index is 13.6. The topological polar surface area (TPSA) is 132 Å². The van der Waals surface area contributed by atoms with Gasteiger partial charge in [-0.15, -0.1) is 0 Å². The number of aryl methyl sites for hydroxylation is 2. The second-order valence-electron chi connectivity index (χ2n) is 9.77. The molecule has 14 heteroatoms. The van der Waals surface area contributed by atoms with Gasteiger partial charge < -0.3 is 10.1 Å². The summed E-state index contributed by atoms with van der Waals surface area (Å²) in [6.07, 6.45) is -0.207. The van der Waals surface area contributed by atoms with Crippen LogP contribution in [0.25, 0.3) is 5.82 Å². The Morgan fingerprint density at radius 3 is 2.69 bits per heavy atom. The number of aromatic nitrogens is 3. The van der Waals surface area contributed by atoms with Crippen LogP contribution in [0.2, 0.25) is 0 Å². The number of hydrogen-bond acceptors (Lipinski definition) is 7. The van der Waals surface area contributed by atoms with Gasteiger partial charge in [-0.3, -0.25) is 9.59 Å². The molecule has 5 rings (SSSR count). The van der Waals surface area contributed by atoms with Crippen LogP contribution in [0.15, 0.2) is 36.5 Å². The predicted molar refractivity (Wildman–Crippen MR) is 132 cm³/mol. The first-order valence-electron chi connectivity index (χ1n) is 12.0. The van der Waals surface area contributed by atoms with Gasteiger partial charge in [0.05, 0.1) is 23.1 Å². The van der Waals surface area contributed by atoms with Crippen molar-refractivity contribution in [2.75, 3.05) is 12.9 Å². The highest BCUT2D eigenvalue weighted by atomic mass is 32.2. The summed E-state index contributed by atoms with van der Waals surface area (Å²) in [5, 5.41) is 7.53. The molecule has 206 valence electrons. The van der Waals surface area contributed by atoms with Crippen LogP contribution in [-0.4, -0.2) is 54.0 Å². The zero-order valence-corrected chi connectivity index (χ0v) is 21.7. The van der Waals surface area contributed by atoms with Gasteiger partial charge in [-0.25, -0.2) is 22.8 Å². The molecule has 1 aromatic carbocycles.